The lowest BCUT2D eigenvalue weighted by molar-refractivity contribution is 0.0252. The molecule has 5 heteroatoms. The van der Waals surface area contributed by atoms with Crippen LogP contribution in [0.1, 0.15) is 29.6 Å². The molecule has 0 aromatic carbocycles. The molecule has 0 N–H and O–H groups in total. The van der Waals surface area contributed by atoms with E-state index in [4.69, 9.17) is 11.6 Å². The third-order valence-electron chi connectivity index (χ3n) is 4.08. The van der Waals surface area contributed by atoms with Crippen molar-refractivity contribution in [2.45, 2.75) is 24.8 Å². The molecule has 1 aliphatic rings. The predicted molar refractivity (Wildman–Crippen MR) is 76.5 cm³/mol. The lowest BCUT2D eigenvalue weighted by atomic mass is 9.75. The monoisotopic (exact) mass is 281 g/mol. The van der Waals surface area contributed by atoms with E-state index in [0.717, 1.165) is 19.4 Å². The van der Waals surface area contributed by atoms with Crippen LogP contribution in [-0.4, -0.2) is 53.9 Å². The summed E-state index contributed by atoms with van der Waals surface area (Å²) in [4.78, 5) is 20.3. The minimum Gasteiger partial charge on any atom is -0.340 e. The van der Waals surface area contributed by atoms with Crippen molar-refractivity contribution in [3.63, 3.8) is 0 Å². The highest BCUT2D eigenvalue weighted by atomic mass is 35.5. The standard InChI is InChI=1S/C14H20ClN3O/c1-17(2)14(6-4-7-14)10-18(3)13(19)11-5-8-16-12(15)9-11/h5,8-9H,4,6-7,10H2,1-3H3. The van der Waals surface area contributed by atoms with Gasteiger partial charge in [0, 0.05) is 30.9 Å². The highest BCUT2D eigenvalue weighted by molar-refractivity contribution is 6.29. The summed E-state index contributed by atoms with van der Waals surface area (Å²) in [5.74, 6) is -0.00238. The smallest absolute Gasteiger partial charge is 0.253 e. The summed E-state index contributed by atoms with van der Waals surface area (Å²) >= 11 is 5.83. The Balaban J connectivity index is 2.07. The van der Waals surface area contributed by atoms with E-state index < -0.39 is 0 Å². The van der Waals surface area contributed by atoms with E-state index in [1.165, 1.54) is 6.42 Å². The molecule has 0 spiro atoms. The molecule has 1 amide bonds. The van der Waals surface area contributed by atoms with E-state index >= 15 is 0 Å². The van der Waals surface area contributed by atoms with Crippen molar-refractivity contribution in [3.8, 4) is 0 Å². The Morgan fingerprint density at radius 2 is 2.11 bits per heavy atom. The van der Waals surface area contributed by atoms with Crippen molar-refractivity contribution in [2.75, 3.05) is 27.7 Å². The van der Waals surface area contributed by atoms with Gasteiger partial charge in [-0.3, -0.25) is 4.79 Å². The summed E-state index contributed by atoms with van der Waals surface area (Å²) in [6.07, 6.45) is 5.10. The van der Waals surface area contributed by atoms with E-state index in [2.05, 4.69) is 24.0 Å². The summed E-state index contributed by atoms with van der Waals surface area (Å²) in [5.41, 5.74) is 0.733. The second kappa shape index (κ2) is 5.47. The van der Waals surface area contributed by atoms with Crippen molar-refractivity contribution in [3.05, 3.63) is 29.0 Å². The van der Waals surface area contributed by atoms with Gasteiger partial charge in [0.15, 0.2) is 0 Å². The van der Waals surface area contributed by atoms with Crippen LogP contribution in [0.2, 0.25) is 5.15 Å². The normalized spacial score (nSPS) is 17.1. The molecule has 0 bridgehead atoms. The molecule has 4 nitrogen and oxygen atoms in total. The van der Waals surface area contributed by atoms with Crippen LogP contribution in [0.4, 0.5) is 0 Å². The van der Waals surface area contributed by atoms with Gasteiger partial charge in [-0.2, -0.15) is 0 Å². The number of carbonyl (C=O) groups excluding carboxylic acids is 1. The van der Waals surface area contributed by atoms with E-state index in [1.54, 1.807) is 23.2 Å². The summed E-state index contributed by atoms with van der Waals surface area (Å²) in [5, 5.41) is 0.352. The van der Waals surface area contributed by atoms with E-state index in [0.29, 0.717) is 10.7 Å². The summed E-state index contributed by atoms with van der Waals surface area (Å²) in [7, 11) is 6.02. The predicted octanol–water partition coefficient (Wildman–Crippen LogP) is 2.29. The van der Waals surface area contributed by atoms with Crippen molar-refractivity contribution in [1.29, 1.82) is 0 Å². The Bertz CT molecular complexity index is 472. The molecule has 19 heavy (non-hydrogen) atoms. The summed E-state index contributed by atoms with van der Waals surface area (Å²) < 4.78 is 0. The SMILES string of the molecule is CN(CC1(N(C)C)CCC1)C(=O)c1ccnc(Cl)c1. The lowest BCUT2D eigenvalue weighted by Crippen LogP contribution is -2.57. The van der Waals surface area contributed by atoms with Crippen molar-refractivity contribution >= 4 is 17.5 Å². The van der Waals surface area contributed by atoms with E-state index in [1.807, 2.05) is 7.05 Å². The van der Waals surface area contributed by atoms with Gasteiger partial charge in [0.2, 0.25) is 0 Å². The number of amides is 1. The van der Waals surface area contributed by atoms with Gasteiger partial charge in [-0.15, -0.1) is 0 Å². The molecule has 0 radical (unpaired) electrons. The van der Waals surface area contributed by atoms with Crippen LogP contribution in [0.5, 0.6) is 0 Å². The van der Waals surface area contributed by atoms with Gasteiger partial charge in [0.05, 0.1) is 0 Å². The second-order valence-corrected chi connectivity index (χ2v) is 5.89. The van der Waals surface area contributed by atoms with Gasteiger partial charge in [0.1, 0.15) is 5.15 Å². The Labute approximate surface area is 119 Å². The average Bonchev–Trinajstić information content (AvgIpc) is 2.32. The van der Waals surface area contributed by atoms with Crippen LogP contribution < -0.4 is 0 Å². The highest BCUT2D eigenvalue weighted by Crippen LogP contribution is 2.36. The molecule has 2 rings (SSSR count). The molecule has 1 heterocycles. The van der Waals surface area contributed by atoms with Crippen LogP contribution >= 0.6 is 11.6 Å². The van der Waals surface area contributed by atoms with Gasteiger partial charge in [-0.05, 0) is 45.5 Å². The first kappa shape index (κ1) is 14.3. The fourth-order valence-corrected chi connectivity index (χ4v) is 2.77. The number of hydrogen-bond donors (Lipinski definition) is 0. The lowest BCUT2D eigenvalue weighted by Gasteiger charge is -2.49. The van der Waals surface area contributed by atoms with Gasteiger partial charge in [-0.25, -0.2) is 4.98 Å². The van der Waals surface area contributed by atoms with Gasteiger partial charge in [-0.1, -0.05) is 11.6 Å². The number of aromatic nitrogens is 1. The molecule has 104 valence electrons. The Morgan fingerprint density at radius 1 is 1.42 bits per heavy atom. The molecule has 1 fully saturated rings. The van der Waals surface area contributed by atoms with Crippen LogP contribution in [0.25, 0.3) is 0 Å². The fourth-order valence-electron chi connectivity index (χ4n) is 2.60. The molecule has 1 aliphatic carbocycles. The minimum absolute atomic E-state index is 0.00238. The first-order chi connectivity index (χ1) is 8.94. The number of hydrogen-bond acceptors (Lipinski definition) is 3. The molecule has 0 saturated heterocycles. The number of pyridine rings is 1. The fraction of sp³-hybridized carbons (Fsp3) is 0.571. The quantitative estimate of drug-likeness (QED) is 0.795. The summed E-state index contributed by atoms with van der Waals surface area (Å²) in [6, 6.07) is 3.32. The molecule has 0 aliphatic heterocycles. The maximum atomic E-state index is 12.4. The van der Waals surface area contributed by atoms with Gasteiger partial charge >= 0.3 is 0 Å². The zero-order chi connectivity index (χ0) is 14.0. The van der Waals surface area contributed by atoms with Crippen LogP contribution in [-0.2, 0) is 0 Å². The molecule has 0 unspecified atom stereocenters. The van der Waals surface area contributed by atoms with Gasteiger partial charge < -0.3 is 9.80 Å². The van der Waals surface area contributed by atoms with Crippen molar-refractivity contribution in [1.82, 2.24) is 14.8 Å². The molecule has 1 aromatic rings. The van der Waals surface area contributed by atoms with Crippen LogP contribution in [0, 0.1) is 0 Å². The zero-order valence-electron chi connectivity index (χ0n) is 11.7. The number of nitrogens with zero attached hydrogens (tertiary/aromatic N) is 3. The number of carbonyl (C=O) groups is 1. The average molecular weight is 282 g/mol. The topological polar surface area (TPSA) is 36.4 Å². The molecule has 0 atom stereocenters. The van der Waals surface area contributed by atoms with Crippen molar-refractivity contribution in [2.24, 2.45) is 0 Å². The summed E-state index contributed by atoms with van der Waals surface area (Å²) in [6.45, 7) is 0.749. The maximum absolute atomic E-state index is 12.4. The Hall–Kier alpha value is -1.13. The first-order valence-electron chi connectivity index (χ1n) is 6.49. The maximum Gasteiger partial charge on any atom is 0.253 e. The molecular formula is C14H20ClN3O. The van der Waals surface area contributed by atoms with Crippen LogP contribution in [0.15, 0.2) is 18.3 Å². The first-order valence-corrected chi connectivity index (χ1v) is 6.87. The third kappa shape index (κ3) is 2.90. The Kier molecular flexibility index (Phi) is 4.11. The Morgan fingerprint density at radius 3 is 2.58 bits per heavy atom. The highest BCUT2D eigenvalue weighted by Gasteiger charge is 2.40. The largest absolute Gasteiger partial charge is 0.340 e. The number of halogens is 1. The van der Waals surface area contributed by atoms with E-state index in [9.17, 15) is 4.79 Å². The minimum atomic E-state index is -0.00238. The van der Waals surface area contributed by atoms with Crippen molar-refractivity contribution < 1.29 is 4.79 Å². The number of likely N-dealkylation sites (N-methyl/N-ethyl adjacent to an activating group) is 2. The molecule has 1 saturated carbocycles. The van der Waals surface area contributed by atoms with E-state index in [-0.39, 0.29) is 11.4 Å². The van der Waals surface area contributed by atoms with Crippen LogP contribution in [0.3, 0.4) is 0 Å². The zero-order valence-corrected chi connectivity index (χ0v) is 12.4. The third-order valence-corrected chi connectivity index (χ3v) is 4.29. The molecular weight excluding hydrogens is 262 g/mol. The van der Waals surface area contributed by atoms with Gasteiger partial charge in [0.25, 0.3) is 5.91 Å². The number of rotatable bonds is 4. The second-order valence-electron chi connectivity index (χ2n) is 5.50. The molecule has 1 aromatic heterocycles.